The molecule has 0 saturated carbocycles. The predicted molar refractivity (Wildman–Crippen MR) is 172 cm³/mol. The molecule has 0 radical (unpaired) electrons. The fourth-order valence-electron chi connectivity index (χ4n) is 6.06. The highest BCUT2D eigenvalue weighted by atomic mass is 16.5. The summed E-state index contributed by atoms with van der Waals surface area (Å²) in [5, 5.41) is 8.70. The first-order valence-electron chi connectivity index (χ1n) is 16.1. The van der Waals surface area contributed by atoms with Gasteiger partial charge in [0.2, 0.25) is 11.2 Å². The molecule has 1 aliphatic carbocycles. The molecule has 10 nitrogen and oxygen atoms in total. The van der Waals surface area contributed by atoms with Crippen LogP contribution >= 0.6 is 0 Å². The van der Waals surface area contributed by atoms with Gasteiger partial charge in [-0.15, -0.1) is 5.10 Å². The van der Waals surface area contributed by atoms with Crippen molar-refractivity contribution in [1.82, 2.24) is 15.0 Å². The molecule has 1 aromatic heterocycles. The molecule has 244 valence electrons. The average Bonchev–Trinajstić information content (AvgIpc) is 3.39. The van der Waals surface area contributed by atoms with E-state index in [9.17, 15) is 9.59 Å². The highest BCUT2D eigenvalue weighted by Gasteiger charge is 2.30. The largest absolute Gasteiger partial charge is 0.493 e. The maximum atomic E-state index is 13.2. The number of fused-ring (bicyclic) bond motifs is 3. The van der Waals surface area contributed by atoms with E-state index in [0.29, 0.717) is 42.2 Å². The second-order valence-electron chi connectivity index (χ2n) is 11.4. The molecule has 0 saturated heterocycles. The number of methoxy groups -OCH3 is 4. The Morgan fingerprint density at radius 1 is 0.867 bits per heavy atom. The molecule has 0 unspecified atom stereocenters. The van der Waals surface area contributed by atoms with Crippen LogP contribution in [0.1, 0.15) is 100 Å². The highest BCUT2D eigenvalue weighted by molar-refractivity contribution is 5.82. The molecule has 0 aliphatic heterocycles. The molecule has 4 rings (SSSR count). The standard InChI is InChI=1S/C35H47N3O7/c1-6-7-8-9-10-11-12-13-14-15-32(40)45-23-25-22-38(37-36-25)28-18-16-24-20-31(42-3)34(43-4)35(44-5)33(24)26-17-19-30(41-2)29(39)21-27(26)28/h17,19-22,28H,6-16,18,23H2,1-5H3/t28-/m0/s1. The van der Waals surface area contributed by atoms with Crippen LogP contribution in [-0.2, 0) is 22.6 Å². The lowest BCUT2D eigenvalue weighted by molar-refractivity contribution is -0.145. The first-order valence-corrected chi connectivity index (χ1v) is 16.1. The van der Waals surface area contributed by atoms with Crippen LogP contribution in [0.15, 0.2) is 35.3 Å². The Morgan fingerprint density at radius 3 is 2.22 bits per heavy atom. The van der Waals surface area contributed by atoms with Crippen molar-refractivity contribution in [2.24, 2.45) is 0 Å². The lowest BCUT2D eigenvalue weighted by atomic mass is 9.95. The number of ether oxygens (including phenoxy) is 5. The number of aromatic nitrogens is 3. The Labute approximate surface area is 266 Å². The van der Waals surface area contributed by atoms with Crippen LogP contribution in [0.25, 0.3) is 11.1 Å². The van der Waals surface area contributed by atoms with Crippen molar-refractivity contribution in [3.05, 3.63) is 57.5 Å². The molecular weight excluding hydrogens is 574 g/mol. The number of nitrogens with zero attached hydrogens (tertiary/aromatic N) is 3. The summed E-state index contributed by atoms with van der Waals surface area (Å²) in [6.07, 6.45) is 14.2. The number of esters is 1. The van der Waals surface area contributed by atoms with Gasteiger partial charge in [-0.25, -0.2) is 4.68 Å². The number of carbonyl (C=O) groups excluding carboxylic acids is 1. The maximum Gasteiger partial charge on any atom is 0.306 e. The number of rotatable bonds is 17. The Hall–Kier alpha value is -4.08. The average molecular weight is 622 g/mol. The van der Waals surface area contributed by atoms with Crippen molar-refractivity contribution in [1.29, 1.82) is 0 Å². The van der Waals surface area contributed by atoms with Crippen LogP contribution in [-0.4, -0.2) is 49.4 Å². The molecule has 0 spiro atoms. The molecule has 1 heterocycles. The van der Waals surface area contributed by atoms with E-state index in [-0.39, 0.29) is 29.8 Å². The number of hydrogen-bond acceptors (Lipinski definition) is 9. The zero-order chi connectivity index (χ0) is 32.2. The molecular formula is C35H47N3O7. The number of benzene rings is 1. The Kier molecular flexibility index (Phi) is 12.7. The zero-order valence-electron chi connectivity index (χ0n) is 27.4. The van der Waals surface area contributed by atoms with Gasteiger partial charge in [0.25, 0.3) is 0 Å². The molecule has 0 fully saturated rings. The monoisotopic (exact) mass is 621 g/mol. The summed E-state index contributed by atoms with van der Waals surface area (Å²) in [6, 6.07) is 6.75. The third-order valence-corrected chi connectivity index (χ3v) is 8.43. The molecule has 0 amide bonds. The van der Waals surface area contributed by atoms with E-state index in [2.05, 4.69) is 17.2 Å². The number of unbranched alkanes of at least 4 members (excludes halogenated alkanes) is 8. The van der Waals surface area contributed by atoms with Gasteiger partial charge in [0.1, 0.15) is 12.3 Å². The van der Waals surface area contributed by atoms with E-state index in [1.165, 1.54) is 45.6 Å². The molecule has 10 heteroatoms. The highest BCUT2D eigenvalue weighted by Crippen LogP contribution is 2.50. The quantitative estimate of drug-likeness (QED) is 0.118. The van der Waals surface area contributed by atoms with Gasteiger partial charge >= 0.3 is 5.97 Å². The van der Waals surface area contributed by atoms with Crippen molar-refractivity contribution in [2.75, 3.05) is 28.4 Å². The van der Waals surface area contributed by atoms with Crippen molar-refractivity contribution in [2.45, 2.75) is 96.6 Å². The van der Waals surface area contributed by atoms with Gasteiger partial charge < -0.3 is 23.7 Å². The van der Waals surface area contributed by atoms with Gasteiger partial charge in [-0.1, -0.05) is 69.6 Å². The maximum absolute atomic E-state index is 13.2. The molecule has 2 aromatic carbocycles. The Balaban J connectivity index is 1.50. The van der Waals surface area contributed by atoms with Crippen molar-refractivity contribution in [3.8, 4) is 34.1 Å². The number of aryl methyl sites for hydroxylation is 1. The molecule has 3 aromatic rings. The number of carbonyl (C=O) groups is 1. The van der Waals surface area contributed by atoms with E-state index in [1.54, 1.807) is 44.3 Å². The van der Waals surface area contributed by atoms with Crippen LogP contribution < -0.4 is 24.4 Å². The van der Waals surface area contributed by atoms with Gasteiger partial charge in [0, 0.05) is 12.0 Å². The normalized spacial score (nSPS) is 13.8. The summed E-state index contributed by atoms with van der Waals surface area (Å²) in [5.74, 6) is 1.54. The first-order chi connectivity index (χ1) is 21.9. The van der Waals surface area contributed by atoms with Crippen molar-refractivity contribution in [3.63, 3.8) is 0 Å². The van der Waals surface area contributed by atoms with Gasteiger partial charge in [0.05, 0.1) is 40.7 Å². The SMILES string of the molecule is CCCCCCCCCCCC(=O)OCc1cn([C@H]2CCc3cc(OC)c(OC)c(OC)c3-c3ccc(OC)c(=O)cc32)nn1. The van der Waals surface area contributed by atoms with E-state index in [0.717, 1.165) is 41.5 Å². The summed E-state index contributed by atoms with van der Waals surface area (Å²) >= 11 is 0. The van der Waals surface area contributed by atoms with Gasteiger partial charge in [-0.05, 0) is 54.2 Å². The summed E-state index contributed by atoms with van der Waals surface area (Å²) in [7, 11) is 6.22. The van der Waals surface area contributed by atoms with Crippen LogP contribution in [0, 0.1) is 0 Å². The summed E-state index contributed by atoms with van der Waals surface area (Å²) < 4.78 is 29.8. The van der Waals surface area contributed by atoms with Crippen LogP contribution in [0.4, 0.5) is 0 Å². The third-order valence-electron chi connectivity index (χ3n) is 8.43. The minimum Gasteiger partial charge on any atom is -0.493 e. The lowest BCUT2D eigenvalue weighted by Gasteiger charge is -2.19. The van der Waals surface area contributed by atoms with Gasteiger partial charge in [-0.3, -0.25) is 9.59 Å². The minimum absolute atomic E-state index is 0.0431. The summed E-state index contributed by atoms with van der Waals surface area (Å²) in [4.78, 5) is 25.6. The van der Waals surface area contributed by atoms with E-state index < -0.39 is 0 Å². The fraction of sp³-hybridized carbons (Fsp3) is 0.543. The molecule has 1 aliphatic rings. The zero-order valence-corrected chi connectivity index (χ0v) is 27.4. The van der Waals surface area contributed by atoms with E-state index in [1.807, 2.05) is 12.1 Å². The van der Waals surface area contributed by atoms with Gasteiger partial charge in [-0.2, -0.15) is 0 Å². The Morgan fingerprint density at radius 2 is 1.56 bits per heavy atom. The van der Waals surface area contributed by atoms with Crippen LogP contribution in [0.2, 0.25) is 0 Å². The second-order valence-corrected chi connectivity index (χ2v) is 11.4. The lowest BCUT2D eigenvalue weighted by Crippen LogP contribution is -2.13. The fourth-order valence-corrected chi connectivity index (χ4v) is 6.06. The molecule has 1 atom stereocenters. The smallest absolute Gasteiger partial charge is 0.306 e. The summed E-state index contributed by atoms with van der Waals surface area (Å²) in [5.41, 5.74) is 3.62. The van der Waals surface area contributed by atoms with E-state index in [4.69, 9.17) is 23.7 Å². The van der Waals surface area contributed by atoms with Crippen LogP contribution in [0.3, 0.4) is 0 Å². The summed E-state index contributed by atoms with van der Waals surface area (Å²) in [6.45, 7) is 2.27. The number of hydrogen-bond donors (Lipinski definition) is 0. The van der Waals surface area contributed by atoms with Gasteiger partial charge in [0.15, 0.2) is 17.2 Å². The van der Waals surface area contributed by atoms with Crippen molar-refractivity contribution >= 4 is 5.97 Å². The molecule has 0 N–H and O–H groups in total. The van der Waals surface area contributed by atoms with E-state index >= 15 is 0 Å². The van der Waals surface area contributed by atoms with Crippen LogP contribution in [0.5, 0.6) is 23.0 Å². The Bertz CT molecular complexity index is 1490. The van der Waals surface area contributed by atoms with Crippen molar-refractivity contribution < 1.29 is 28.5 Å². The topological polar surface area (TPSA) is 111 Å². The predicted octanol–water partition coefficient (Wildman–Crippen LogP) is 6.84. The third kappa shape index (κ3) is 8.35. The minimum atomic E-state index is -0.335. The molecule has 0 bridgehead atoms. The second kappa shape index (κ2) is 16.8. The molecule has 45 heavy (non-hydrogen) atoms. The first kappa shape index (κ1) is 33.8.